The maximum absolute atomic E-state index is 13.5. The smallest absolute Gasteiger partial charge is 0.364 e. The summed E-state index contributed by atoms with van der Waals surface area (Å²) in [6.45, 7) is 0. The van der Waals surface area contributed by atoms with E-state index < -0.39 is 23.5 Å². The van der Waals surface area contributed by atoms with Crippen LogP contribution in [0.2, 0.25) is 0 Å². The van der Waals surface area contributed by atoms with E-state index in [4.69, 9.17) is 5.73 Å². The minimum absolute atomic E-state index is 0.0145. The second kappa shape index (κ2) is 4.92. The van der Waals surface area contributed by atoms with Crippen LogP contribution in [0.4, 0.5) is 17.6 Å². The maximum atomic E-state index is 13.5. The van der Waals surface area contributed by atoms with Crippen molar-refractivity contribution in [1.82, 2.24) is 4.98 Å². The van der Waals surface area contributed by atoms with E-state index in [0.29, 0.717) is 0 Å². The van der Waals surface area contributed by atoms with Gasteiger partial charge in [0.1, 0.15) is 11.5 Å². The quantitative estimate of drug-likeness (QED) is 0.862. The van der Waals surface area contributed by atoms with Gasteiger partial charge < -0.3 is 5.73 Å². The molecule has 0 fully saturated rings. The number of primary amides is 1. The predicted octanol–water partition coefficient (Wildman–Crippen LogP) is 3.01. The molecule has 1 heterocycles. The van der Waals surface area contributed by atoms with Crippen LogP contribution in [-0.4, -0.2) is 10.9 Å². The fraction of sp³-hybridized carbons (Fsp3) is 0.0769. The molecule has 0 saturated carbocycles. The summed E-state index contributed by atoms with van der Waals surface area (Å²) in [6.07, 6.45) is -3.71. The Morgan fingerprint density at radius 3 is 2.50 bits per heavy atom. The molecule has 1 aromatic heterocycles. The van der Waals surface area contributed by atoms with Gasteiger partial charge in [-0.25, -0.2) is 4.39 Å². The number of benzene rings is 1. The van der Waals surface area contributed by atoms with Gasteiger partial charge in [0.05, 0.1) is 5.56 Å². The van der Waals surface area contributed by atoms with E-state index in [1.807, 2.05) is 0 Å². The molecule has 1 aromatic carbocycles. The molecule has 0 bridgehead atoms. The average molecular weight is 284 g/mol. The van der Waals surface area contributed by atoms with Crippen LogP contribution in [0.3, 0.4) is 0 Å². The number of carbonyl (C=O) groups excluding carboxylic acids is 1. The van der Waals surface area contributed by atoms with Crippen LogP contribution < -0.4 is 5.73 Å². The monoisotopic (exact) mass is 284 g/mol. The lowest BCUT2D eigenvalue weighted by Crippen LogP contribution is -2.13. The zero-order chi connectivity index (χ0) is 14.9. The number of halogens is 4. The first-order chi connectivity index (χ1) is 9.30. The summed E-state index contributed by atoms with van der Waals surface area (Å²) >= 11 is 0. The number of hydrogen-bond acceptors (Lipinski definition) is 2. The molecule has 1 amide bonds. The maximum Gasteiger partial charge on any atom is 0.419 e. The molecule has 0 unspecified atom stereocenters. The van der Waals surface area contributed by atoms with Crippen LogP contribution in [0.15, 0.2) is 36.5 Å². The van der Waals surface area contributed by atoms with Crippen LogP contribution in [0.25, 0.3) is 11.1 Å². The third-order valence-corrected chi connectivity index (χ3v) is 2.62. The van der Waals surface area contributed by atoms with Crippen molar-refractivity contribution >= 4 is 5.91 Å². The highest BCUT2D eigenvalue weighted by molar-refractivity contribution is 5.92. The van der Waals surface area contributed by atoms with E-state index in [-0.39, 0.29) is 16.8 Å². The van der Waals surface area contributed by atoms with E-state index in [9.17, 15) is 22.4 Å². The number of amides is 1. The summed E-state index contributed by atoms with van der Waals surface area (Å²) in [4.78, 5) is 14.6. The van der Waals surface area contributed by atoms with E-state index in [1.165, 1.54) is 6.07 Å². The van der Waals surface area contributed by atoms with E-state index in [2.05, 4.69) is 4.98 Å². The largest absolute Gasteiger partial charge is 0.419 e. The first kappa shape index (κ1) is 14.0. The SMILES string of the molecule is NC(=O)c1cc(-c2cccc(F)c2C(F)(F)F)ccn1. The highest BCUT2D eigenvalue weighted by Crippen LogP contribution is 2.38. The molecule has 7 heteroatoms. The second-order valence-corrected chi connectivity index (χ2v) is 3.95. The Morgan fingerprint density at radius 1 is 1.20 bits per heavy atom. The van der Waals surface area contributed by atoms with Crippen molar-refractivity contribution in [2.75, 3.05) is 0 Å². The van der Waals surface area contributed by atoms with Gasteiger partial charge in [0.25, 0.3) is 5.91 Å². The van der Waals surface area contributed by atoms with Gasteiger partial charge in [-0.15, -0.1) is 0 Å². The Labute approximate surface area is 111 Å². The lowest BCUT2D eigenvalue weighted by Gasteiger charge is -2.14. The summed E-state index contributed by atoms with van der Waals surface area (Å²) in [5, 5.41) is 0. The molecule has 2 rings (SSSR count). The topological polar surface area (TPSA) is 56.0 Å². The van der Waals surface area contributed by atoms with Crippen molar-refractivity contribution < 1.29 is 22.4 Å². The summed E-state index contributed by atoms with van der Waals surface area (Å²) in [5.74, 6) is -2.26. The predicted molar refractivity (Wildman–Crippen MR) is 63.2 cm³/mol. The molecule has 0 saturated heterocycles. The molecule has 20 heavy (non-hydrogen) atoms. The number of hydrogen-bond donors (Lipinski definition) is 1. The summed E-state index contributed by atoms with van der Waals surface area (Å²) < 4.78 is 52.2. The number of nitrogens with zero attached hydrogens (tertiary/aromatic N) is 1. The molecular formula is C13H8F4N2O. The van der Waals surface area contributed by atoms with E-state index in [1.54, 1.807) is 0 Å². The number of aromatic nitrogens is 1. The van der Waals surface area contributed by atoms with Gasteiger partial charge in [-0.1, -0.05) is 12.1 Å². The van der Waals surface area contributed by atoms with Crippen molar-refractivity contribution in [2.45, 2.75) is 6.18 Å². The molecule has 0 spiro atoms. The third kappa shape index (κ3) is 2.61. The van der Waals surface area contributed by atoms with Crippen LogP contribution in [0.5, 0.6) is 0 Å². The van der Waals surface area contributed by atoms with Gasteiger partial charge >= 0.3 is 6.18 Å². The Morgan fingerprint density at radius 2 is 1.90 bits per heavy atom. The van der Waals surface area contributed by atoms with Gasteiger partial charge in [-0.2, -0.15) is 13.2 Å². The standard InChI is InChI=1S/C13H8F4N2O/c14-9-3-1-2-8(11(9)13(15,16)17)7-4-5-19-10(6-7)12(18)20/h1-6H,(H2,18,20). The highest BCUT2D eigenvalue weighted by atomic mass is 19.4. The lowest BCUT2D eigenvalue weighted by atomic mass is 9.99. The first-order valence-electron chi connectivity index (χ1n) is 5.42. The Bertz CT molecular complexity index is 668. The summed E-state index contributed by atoms with van der Waals surface area (Å²) in [6, 6.07) is 5.33. The lowest BCUT2D eigenvalue weighted by molar-refractivity contribution is -0.139. The van der Waals surface area contributed by atoms with Gasteiger partial charge in [0.15, 0.2) is 0 Å². The van der Waals surface area contributed by atoms with E-state index in [0.717, 1.165) is 30.5 Å². The molecule has 0 atom stereocenters. The van der Waals surface area contributed by atoms with Crippen molar-refractivity contribution in [1.29, 1.82) is 0 Å². The molecule has 3 nitrogen and oxygen atoms in total. The molecular weight excluding hydrogens is 276 g/mol. The normalized spacial score (nSPS) is 11.4. The third-order valence-electron chi connectivity index (χ3n) is 2.62. The average Bonchev–Trinajstić information content (AvgIpc) is 2.37. The Hall–Kier alpha value is -2.44. The first-order valence-corrected chi connectivity index (χ1v) is 5.42. The van der Waals surface area contributed by atoms with Crippen molar-refractivity contribution in [2.24, 2.45) is 5.73 Å². The van der Waals surface area contributed by atoms with E-state index >= 15 is 0 Å². The van der Waals surface area contributed by atoms with Crippen molar-refractivity contribution in [3.8, 4) is 11.1 Å². The molecule has 0 aliphatic carbocycles. The number of alkyl halides is 3. The van der Waals surface area contributed by atoms with Gasteiger partial charge in [0.2, 0.25) is 0 Å². The van der Waals surface area contributed by atoms with Gasteiger partial charge in [-0.3, -0.25) is 9.78 Å². The summed E-state index contributed by atoms with van der Waals surface area (Å²) in [5.41, 5.74) is 3.08. The fourth-order valence-electron chi connectivity index (χ4n) is 1.79. The van der Waals surface area contributed by atoms with Gasteiger partial charge in [0, 0.05) is 6.20 Å². The number of nitrogens with two attached hydrogens (primary N) is 1. The number of rotatable bonds is 2. The minimum atomic E-state index is -4.85. The van der Waals surface area contributed by atoms with Crippen LogP contribution in [0.1, 0.15) is 16.1 Å². The van der Waals surface area contributed by atoms with Crippen molar-refractivity contribution in [3.63, 3.8) is 0 Å². The molecule has 2 aromatic rings. The zero-order valence-corrected chi connectivity index (χ0v) is 9.91. The molecule has 104 valence electrons. The second-order valence-electron chi connectivity index (χ2n) is 3.95. The highest BCUT2D eigenvalue weighted by Gasteiger charge is 2.37. The van der Waals surface area contributed by atoms with Crippen LogP contribution in [-0.2, 0) is 6.18 Å². The summed E-state index contributed by atoms with van der Waals surface area (Å²) in [7, 11) is 0. The molecule has 2 N–H and O–H groups in total. The molecule has 0 radical (unpaired) electrons. The Kier molecular flexibility index (Phi) is 3.44. The van der Waals surface area contributed by atoms with Crippen LogP contribution >= 0.6 is 0 Å². The van der Waals surface area contributed by atoms with Gasteiger partial charge in [-0.05, 0) is 29.3 Å². The fourth-order valence-corrected chi connectivity index (χ4v) is 1.79. The van der Waals surface area contributed by atoms with Crippen molar-refractivity contribution in [3.05, 3.63) is 53.6 Å². The minimum Gasteiger partial charge on any atom is -0.364 e. The van der Waals surface area contributed by atoms with Crippen LogP contribution in [0, 0.1) is 5.82 Å². The zero-order valence-electron chi connectivity index (χ0n) is 9.91. The molecule has 0 aliphatic rings. The molecule has 0 aliphatic heterocycles. The Balaban J connectivity index is 2.67. The number of carbonyl (C=O) groups is 1. The number of pyridine rings is 1.